The van der Waals surface area contributed by atoms with Crippen LogP contribution in [0.1, 0.15) is 5.56 Å². The van der Waals surface area contributed by atoms with Gasteiger partial charge >= 0.3 is 5.97 Å². The van der Waals surface area contributed by atoms with Gasteiger partial charge in [0.05, 0.1) is 0 Å². The fourth-order valence-corrected chi connectivity index (χ4v) is 1.06. The standard InChI is InChI=1S/C10H13NO3.ClH/c11-6-5-8-1-3-9(4-2-8)14-7-10(12)13;/h1-4H,5-7,11H2,(H,12,13);1H. The zero-order chi connectivity index (χ0) is 10.4. The van der Waals surface area contributed by atoms with Gasteiger partial charge in [0.15, 0.2) is 6.61 Å². The molecule has 0 saturated heterocycles. The number of carboxylic acids is 1. The van der Waals surface area contributed by atoms with E-state index < -0.39 is 5.97 Å². The van der Waals surface area contributed by atoms with Crippen molar-refractivity contribution in [1.82, 2.24) is 0 Å². The van der Waals surface area contributed by atoms with Crippen molar-refractivity contribution in [3.05, 3.63) is 29.8 Å². The molecule has 0 spiro atoms. The summed E-state index contributed by atoms with van der Waals surface area (Å²) in [6.45, 7) is 0.297. The molecule has 4 nitrogen and oxygen atoms in total. The maximum Gasteiger partial charge on any atom is 0.341 e. The second-order valence-corrected chi connectivity index (χ2v) is 2.87. The van der Waals surface area contributed by atoms with Gasteiger partial charge in [-0.2, -0.15) is 0 Å². The highest BCUT2D eigenvalue weighted by molar-refractivity contribution is 5.85. The highest BCUT2D eigenvalue weighted by Crippen LogP contribution is 2.11. The number of carbonyl (C=O) groups is 1. The van der Waals surface area contributed by atoms with Gasteiger partial charge in [-0.1, -0.05) is 12.1 Å². The smallest absolute Gasteiger partial charge is 0.341 e. The molecule has 0 aromatic heterocycles. The fourth-order valence-electron chi connectivity index (χ4n) is 1.06. The molecule has 0 radical (unpaired) electrons. The highest BCUT2D eigenvalue weighted by atomic mass is 35.5. The van der Waals surface area contributed by atoms with Crippen LogP contribution in [-0.2, 0) is 11.2 Å². The topological polar surface area (TPSA) is 72.5 Å². The molecule has 0 heterocycles. The summed E-state index contributed by atoms with van der Waals surface area (Å²) < 4.78 is 4.97. The number of nitrogens with two attached hydrogens (primary N) is 1. The van der Waals surface area contributed by atoms with Crippen LogP contribution in [0.3, 0.4) is 0 Å². The number of rotatable bonds is 5. The van der Waals surface area contributed by atoms with Crippen LogP contribution in [0.4, 0.5) is 0 Å². The second-order valence-electron chi connectivity index (χ2n) is 2.87. The van der Waals surface area contributed by atoms with E-state index in [1.54, 1.807) is 12.1 Å². The van der Waals surface area contributed by atoms with Crippen molar-refractivity contribution in [2.75, 3.05) is 13.2 Å². The van der Waals surface area contributed by atoms with E-state index in [1.165, 1.54) is 0 Å². The summed E-state index contributed by atoms with van der Waals surface area (Å²) in [5, 5.41) is 8.37. The van der Waals surface area contributed by atoms with E-state index in [9.17, 15) is 4.79 Å². The lowest BCUT2D eigenvalue weighted by Gasteiger charge is -2.03. The van der Waals surface area contributed by atoms with Crippen LogP contribution in [0.25, 0.3) is 0 Å². The first-order valence-corrected chi connectivity index (χ1v) is 4.36. The zero-order valence-electron chi connectivity index (χ0n) is 8.18. The van der Waals surface area contributed by atoms with E-state index in [0.717, 1.165) is 12.0 Å². The van der Waals surface area contributed by atoms with E-state index in [4.69, 9.17) is 15.6 Å². The third-order valence-electron chi connectivity index (χ3n) is 1.72. The van der Waals surface area contributed by atoms with Gasteiger partial charge in [-0.3, -0.25) is 0 Å². The van der Waals surface area contributed by atoms with Crippen LogP contribution in [0.2, 0.25) is 0 Å². The SMILES string of the molecule is Cl.NCCc1ccc(OCC(=O)O)cc1. The molecular formula is C10H14ClNO3. The summed E-state index contributed by atoms with van der Waals surface area (Å²) in [7, 11) is 0. The molecule has 0 unspecified atom stereocenters. The average Bonchev–Trinajstić information content (AvgIpc) is 2.17. The minimum absolute atomic E-state index is 0. The molecule has 0 atom stereocenters. The molecule has 0 aliphatic carbocycles. The Kier molecular flexibility index (Phi) is 6.49. The van der Waals surface area contributed by atoms with Crippen LogP contribution in [0.15, 0.2) is 24.3 Å². The summed E-state index contributed by atoms with van der Waals surface area (Å²) in [6.07, 6.45) is 0.819. The Labute approximate surface area is 94.5 Å². The van der Waals surface area contributed by atoms with E-state index in [0.29, 0.717) is 12.3 Å². The zero-order valence-corrected chi connectivity index (χ0v) is 9.00. The predicted molar refractivity (Wildman–Crippen MR) is 59.6 cm³/mol. The van der Waals surface area contributed by atoms with Crippen LogP contribution in [-0.4, -0.2) is 24.2 Å². The molecule has 5 heteroatoms. The van der Waals surface area contributed by atoms with Gasteiger partial charge in [-0.25, -0.2) is 4.79 Å². The number of hydrogen-bond donors (Lipinski definition) is 2. The van der Waals surface area contributed by atoms with Gasteiger partial charge in [0, 0.05) is 0 Å². The van der Waals surface area contributed by atoms with Gasteiger partial charge in [0.1, 0.15) is 5.75 Å². The van der Waals surface area contributed by atoms with Gasteiger partial charge in [-0.15, -0.1) is 12.4 Å². The Hall–Kier alpha value is -1.26. The van der Waals surface area contributed by atoms with Crippen molar-refractivity contribution in [2.45, 2.75) is 6.42 Å². The minimum atomic E-state index is -0.976. The lowest BCUT2D eigenvalue weighted by atomic mass is 10.1. The monoisotopic (exact) mass is 231 g/mol. The molecule has 1 rings (SSSR count). The summed E-state index contributed by atoms with van der Waals surface area (Å²) in [5.74, 6) is -0.413. The molecule has 3 N–H and O–H groups in total. The molecule has 0 fully saturated rings. The van der Waals surface area contributed by atoms with E-state index in [2.05, 4.69) is 0 Å². The van der Waals surface area contributed by atoms with Crippen LogP contribution in [0, 0.1) is 0 Å². The number of carboxylic acid groups (broad SMARTS) is 1. The van der Waals surface area contributed by atoms with Crippen molar-refractivity contribution in [3.63, 3.8) is 0 Å². The summed E-state index contributed by atoms with van der Waals surface area (Å²) >= 11 is 0. The quantitative estimate of drug-likeness (QED) is 0.795. The van der Waals surface area contributed by atoms with E-state index in [1.807, 2.05) is 12.1 Å². The Balaban J connectivity index is 0.00000196. The molecular weight excluding hydrogens is 218 g/mol. The largest absolute Gasteiger partial charge is 0.482 e. The summed E-state index contributed by atoms with van der Waals surface area (Å²) in [5.41, 5.74) is 6.51. The maximum absolute atomic E-state index is 10.2. The fraction of sp³-hybridized carbons (Fsp3) is 0.300. The number of benzene rings is 1. The maximum atomic E-state index is 10.2. The van der Waals surface area contributed by atoms with Gasteiger partial charge in [0.2, 0.25) is 0 Å². The summed E-state index contributed by atoms with van der Waals surface area (Å²) in [6, 6.07) is 7.25. The number of ether oxygens (including phenoxy) is 1. The normalized spacial score (nSPS) is 9.13. The van der Waals surface area contributed by atoms with Gasteiger partial charge in [0.25, 0.3) is 0 Å². The molecule has 0 amide bonds. The van der Waals surface area contributed by atoms with E-state index in [-0.39, 0.29) is 19.0 Å². The van der Waals surface area contributed by atoms with E-state index >= 15 is 0 Å². The van der Waals surface area contributed by atoms with Crippen molar-refractivity contribution in [1.29, 1.82) is 0 Å². The van der Waals surface area contributed by atoms with Crippen molar-refractivity contribution < 1.29 is 14.6 Å². The molecule has 84 valence electrons. The van der Waals surface area contributed by atoms with Crippen LogP contribution >= 0.6 is 12.4 Å². The molecule has 15 heavy (non-hydrogen) atoms. The molecule has 0 aliphatic rings. The first-order chi connectivity index (χ1) is 6.72. The third-order valence-corrected chi connectivity index (χ3v) is 1.72. The second kappa shape index (κ2) is 7.09. The Morgan fingerprint density at radius 2 is 1.93 bits per heavy atom. The molecule has 0 aliphatic heterocycles. The minimum Gasteiger partial charge on any atom is -0.482 e. The number of hydrogen-bond acceptors (Lipinski definition) is 3. The molecule has 0 bridgehead atoms. The lowest BCUT2D eigenvalue weighted by Crippen LogP contribution is -2.09. The average molecular weight is 232 g/mol. The lowest BCUT2D eigenvalue weighted by molar-refractivity contribution is -0.139. The van der Waals surface area contributed by atoms with Gasteiger partial charge < -0.3 is 15.6 Å². The van der Waals surface area contributed by atoms with Crippen molar-refractivity contribution in [2.24, 2.45) is 5.73 Å². The van der Waals surface area contributed by atoms with Crippen LogP contribution in [0.5, 0.6) is 5.75 Å². The highest BCUT2D eigenvalue weighted by Gasteiger charge is 1.98. The molecule has 1 aromatic rings. The van der Waals surface area contributed by atoms with Crippen molar-refractivity contribution in [3.8, 4) is 5.75 Å². The predicted octanol–water partition coefficient (Wildman–Crippen LogP) is 1.07. The van der Waals surface area contributed by atoms with Gasteiger partial charge in [-0.05, 0) is 30.7 Å². The van der Waals surface area contributed by atoms with Crippen LogP contribution < -0.4 is 10.5 Å². The first-order valence-electron chi connectivity index (χ1n) is 4.36. The number of aliphatic carboxylic acids is 1. The molecule has 1 aromatic carbocycles. The Bertz CT molecular complexity index is 300. The Morgan fingerprint density at radius 3 is 2.40 bits per heavy atom. The third kappa shape index (κ3) is 5.24. The molecule has 0 saturated carbocycles. The summed E-state index contributed by atoms with van der Waals surface area (Å²) in [4.78, 5) is 10.2. The first kappa shape index (κ1) is 13.7. The number of halogens is 1. The Morgan fingerprint density at radius 1 is 1.33 bits per heavy atom. The van der Waals surface area contributed by atoms with Crippen molar-refractivity contribution >= 4 is 18.4 Å².